The summed E-state index contributed by atoms with van der Waals surface area (Å²) in [6, 6.07) is 82.0. The average Bonchev–Trinajstić information content (AvgIpc) is 4.35. The van der Waals surface area contributed by atoms with Crippen LogP contribution in [0.1, 0.15) is 0 Å². The number of benzene rings is 11. The number of fused-ring (bicyclic) bond motifs is 15. The fourth-order valence-electron chi connectivity index (χ4n) is 11.9. The van der Waals surface area contributed by atoms with Gasteiger partial charge in [0.15, 0.2) is 17.5 Å². The third kappa shape index (κ3) is 6.56. The van der Waals surface area contributed by atoms with Gasteiger partial charge in [0.2, 0.25) is 0 Å². The number of hydrogen-bond acceptors (Lipinski definition) is 7. The predicted octanol–water partition coefficient (Wildman–Crippen LogP) is 19.8. The Morgan fingerprint density at radius 2 is 0.805 bits per heavy atom. The van der Waals surface area contributed by atoms with E-state index >= 15 is 0 Å². The molecule has 6 aromatic heterocycles. The third-order valence-electron chi connectivity index (χ3n) is 15.5. The smallest absolute Gasteiger partial charge is 0.164 e. The maximum absolute atomic E-state index is 6.75. The second kappa shape index (κ2) is 16.4. The van der Waals surface area contributed by atoms with E-state index in [1.165, 1.54) is 62.2 Å². The van der Waals surface area contributed by atoms with E-state index < -0.39 is 0 Å². The lowest BCUT2D eigenvalue weighted by atomic mass is 9.96. The summed E-state index contributed by atoms with van der Waals surface area (Å²) >= 11 is 3.58. The van der Waals surface area contributed by atoms with Crippen molar-refractivity contribution >= 4 is 129 Å². The van der Waals surface area contributed by atoms with Crippen LogP contribution in [-0.2, 0) is 0 Å². The van der Waals surface area contributed by atoms with Gasteiger partial charge in [-0.3, -0.25) is 0 Å². The minimum absolute atomic E-state index is 0.580. The molecule has 0 atom stereocenters. The van der Waals surface area contributed by atoms with Crippen molar-refractivity contribution in [2.24, 2.45) is 0 Å². The Bertz CT molecular complexity index is 5180. The zero-order valence-electron chi connectivity index (χ0n) is 40.9. The van der Waals surface area contributed by atoms with Crippen molar-refractivity contribution in [3.8, 4) is 62.1 Å². The summed E-state index contributed by atoms with van der Waals surface area (Å²) in [4.78, 5) is 16.0. The van der Waals surface area contributed by atoms with Gasteiger partial charge in [-0.15, -0.1) is 22.7 Å². The summed E-state index contributed by atoms with van der Waals surface area (Å²) in [5, 5.41) is 11.5. The summed E-state index contributed by atoms with van der Waals surface area (Å²) in [5.74, 6) is 1.81. The first-order valence-electron chi connectivity index (χ1n) is 25.7. The average molecular weight is 1020 g/mol. The molecule has 0 bridgehead atoms. The number of furan rings is 2. The number of thiophene rings is 2. The van der Waals surface area contributed by atoms with Crippen molar-refractivity contribution in [3.63, 3.8) is 0 Å². The van der Waals surface area contributed by atoms with Crippen LogP contribution in [-0.4, -0.2) is 19.5 Å². The zero-order chi connectivity index (χ0) is 50.3. The number of rotatable bonds is 6. The lowest BCUT2D eigenvalue weighted by Gasteiger charge is -2.10. The molecule has 17 aromatic rings. The van der Waals surface area contributed by atoms with Crippen molar-refractivity contribution in [1.82, 2.24) is 19.5 Å². The molecule has 358 valence electrons. The van der Waals surface area contributed by atoms with Crippen LogP contribution in [0.4, 0.5) is 0 Å². The van der Waals surface area contributed by atoms with Gasteiger partial charge in [-0.05, 0) is 113 Å². The monoisotopic (exact) mass is 1020 g/mol. The molecule has 0 saturated carbocycles. The Kier molecular flexibility index (Phi) is 9.07. The molecule has 0 fully saturated rings. The molecule has 0 unspecified atom stereocenters. The molecule has 0 amide bonds. The Morgan fingerprint density at radius 3 is 1.53 bits per heavy atom. The van der Waals surface area contributed by atoms with E-state index in [0.717, 1.165) is 88.5 Å². The molecular formula is C69H38N4O2S2. The van der Waals surface area contributed by atoms with Gasteiger partial charge in [-0.2, -0.15) is 0 Å². The van der Waals surface area contributed by atoms with Gasteiger partial charge in [0.1, 0.15) is 22.3 Å². The van der Waals surface area contributed by atoms with Crippen LogP contribution in [0.2, 0.25) is 0 Å². The molecule has 6 heterocycles. The van der Waals surface area contributed by atoms with E-state index in [1.807, 2.05) is 12.1 Å². The van der Waals surface area contributed by atoms with Crippen LogP contribution in [0.3, 0.4) is 0 Å². The molecule has 0 spiro atoms. The van der Waals surface area contributed by atoms with Crippen molar-refractivity contribution in [2.45, 2.75) is 0 Å². The van der Waals surface area contributed by atoms with E-state index in [-0.39, 0.29) is 0 Å². The highest BCUT2D eigenvalue weighted by Gasteiger charge is 2.22. The van der Waals surface area contributed by atoms with E-state index in [4.69, 9.17) is 23.8 Å². The zero-order valence-corrected chi connectivity index (χ0v) is 42.5. The van der Waals surface area contributed by atoms with Crippen LogP contribution >= 0.6 is 22.7 Å². The largest absolute Gasteiger partial charge is 0.456 e. The summed E-state index contributed by atoms with van der Waals surface area (Å²) in [5.41, 5.74) is 13.8. The van der Waals surface area contributed by atoms with E-state index in [9.17, 15) is 0 Å². The van der Waals surface area contributed by atoms with Crippen molar-refractivity contribution in [3.05, 3.63) is 231 Å². The molecule has 0 saturated heterocycles. The van der Waals surface area contributed by atoms with Crippen molar-refractivity contribution < 1.29 is 8.83 Å². The van der Waals surface area contributed by atoms with Crippen LogP contribution in [0.5, 0.6) is 0 Å². The second-order valence-corrected chi connectivity index (χ2v) is 22.0. The summed E-state index contributed by atoms with van der Waals surface area (Å²) in [6.07, 6.45) is 0. The molecule has 0 radical (unpaired) electrons. The Hall–Kier alpha value is -9.73. The third-order valence-corrected chi connectivity index (χ3v) is 17.7. The molecule has 11 aromatic carbocycles. The lowest BCUT2D eigenvalue weighted by Crippen LogP contribution is -2.00. The first-order valence-corrected chi connectivity index (χ1v) is 27.3. The molecule has 6 nitrogen and oxygen atoms in total. The fourth-order valence-corrected chi connectivity index (χ4v) is 14.2. The van der Waals surface area contributed by atoms with Crippen molar-refractivity contribution in [2.75, 3.05) is 0 Å². The van der Waals surface area contributed by atoms with Gasteiger partial charge in [-0.25, -0.2) is 15.0 Å². The molecule has 0 aliphatic rings. The normalized spacial score (nSPS) is 12.2. The number of aromatic nitrogens is 4. The van der Waals surface area contributed by atoms with Gasteiger partial charge >= 0.3 is 0 Å². The second-order valence-electron chi connectivity index (χ2n) is 19.8. The van der Waals surface area contributed by atoms with Gasteiger partial charge < -0.3 is 13.4 Å². The highest BCUT2D eigenvalue weighted by Crippen LogP contribution is 2.44. The molecule has 0 aliphatic carbocycles. The molecule has 8 heteroatoms. The fraction of sp³-hybridized carbons (Fsp3) is 0. The maximum Gasteiger partial charge on any atom is 0.164 e. The van der Waals surface area contributed by atoms with Gasteiger partial charge in [0, 0.05) is 95.0 Å². The maximum atomic E-state index is 6.75. The minimum Gasteiger partial charge on any atom is -0.456 e. The van der Waals surface area contributed by atoms with Gasteiger partial charge in [0.05, 0.1) is 11.0 Å². The number of nitrogens with zero attached hydrogens (tertiary/aromatic N) is 4. The van der Waals surface area contributed by atoms with E-state index in [1.54, 1.807) is 22.7 Å². The SMILES string of the molecule is c1ccc(-n2c3ccccc3c3cc(-c4ccc5c(c4)oc4cccc(-c6ccc7oc8cccc(-c9nc(-c%10ccc%11c(c%10)sc%10ccccc%10%11)nc(-c%10ccc%11c(c%10)sc%10ccccc%10%11)n9)c8c7c6)c45)ccc32)cc1. The topological polar surface area (TPSA) is 69.9 Å². The Balaban J connectivity index is 0.801. The highest BCUT2D eigenvalue weighted by molar-refractivity contribution is 7.26. The molecular weight excluding hydrogens is 981 g/mol. The summed E-state index contributed by atoms with van der Waals surface area (Å²) in [6.45, 7) is 0. The Morgan fingerprint density at radius 1 is 0.286 bits per heavy atom. The van der Waals surface area contributed by atoms with Gasteiger partial charge in [-0.1, -0.05) is 140 Å². The highest BCUT2D eigenvalue weighted by atomic mass is 32.1. The van der Waals surface area contributed by atoms with E-state index in [2.05, 4.69) is 223 Å². The lowest BCUT2D eigenvalue weighted by molar-refractivity contribution is 0.669. The number of para-hydroxylation sites is 2. The van der Waals surface area contributed by atoms with Crippen LogP contribution in [0, 0.1) is 0 Å². The van der Waals surface area contributed by atoms with Crippen LogP contribution in [0.25, 0.3) is 168 Å². The summed E-state index contributed by atoms with van der Waals surface area (Å²) in [7, 11) is 0. The van der Waals surface area contributed by atoms with E-state index in [0.29, 0.717) is 17.5 Å². The van der Waals surface area contributed by atoms with Gasteiger partial charge in [0.25, 0.3) is 0 Å². The van der Waals surface area contributed by atoms with Crippen LogP contribution < -0.4 is 0 Å². The predicted molar refractivity (Wildman–Crippen MR) is 322 cm³/mol. The summed E-state index contributed by atoms with van der Waals surface area (Å²) < 4.78 is 20.7. The molecule has 17 rings (SSSR count). The van der Waals surface area contributed by atoms with Crippen LogP contribution in [0.15, 0.2) is 239 Å². The first-order chi connectivity index (χ1) is 38.1. The van der Waals surface area contributed by atoms with Crippen molar-refractivity contribution in [1.29, 1.82) is 0 Å². The molecule has 0 aliphatic heterocycles. The molecule has 0 N–H and O–H groups in total. The standard InChI is InChI=1S/C69H38N4O2S2/c1-2-12-44(13-3-1)73-55-19-7-4-14-46(55)53-34-39(27-32-56(53)73)40-24-31-51-60(36-40)75-58-20-10-17-45(65(51)58)41-28-33-57-54(35-41)66-52(18-11-21-59(66)74-57)69-71-67(42-25-29-49-47-15-5-8-22-61(47)76-63(49)37-42)70-68(72-69)43-26-30-50-48-16-6-9-23-62(48)77-64(50)38-43/h1-38H. The molecule has 77 heavy (non-hydrogen) atoms. The number of hydrogen-bond donors (Lipinski definition) is 0. The quantitative estimate of drug-likeness (QED) is 0.166. The first kappa shape index (κ1) is 42.6. The minimum atomic E-state index is 0.580. The Labute approximate surface area is 447 Å².